The summed E-state index contributed by atoms with van der Waals surface area (Å²) in [4.78, 5) is 8.12. The van der Waals surface area contributed by atoms with E-state index in [9.17, 15) is 13.2 Å². The van der Waals surface area contributed by atoms with Crippen molar-refractivity contribution < 1.29 is 13.2 Å². The molecule has 0 unspecified atom stereocenters. The number of hydrogen-bond acceptors (Lipinski definition) is 5. The van der Waals surface area contributed by atoms with E-state index in [1.807, 2.05) is 0 Å². The Morgan fingerprint density at radius 1 is 1.33 bits per heavy atom. The van der Waals surface area contributed by atoms with Crippen molar-refractivity contribution in [2.75, 3.05) is 24.2 Å². The van der Waals surface area contributed by atoms with Gasteiger partial charge in [0.15, 0.2) is 5.65 Å². The number of alkyl halides is 3. The van der Waals surface area contributed by atoms with Crippen LogP contribution in [-0.2, 0) is 0 Å². The molecule has 18 heavy (non-hydrogen) atoms. The molecule has 3 N–H and O–H groups in total. The van der Waals surface area contributed by atoms with Crippen LogP contribution >= 0.6 is 0 Å². The van der Waals surface area contributed by atoms with Crippen LogP contribution in [-0.4, -0.2) is 39.9 Å². The van der Waals surface area contributed by atoms with Gasteiger partial charge in [0.25, 0.3) is 0 Å². The minimum Gasteiger partial charge on any atom is -0.369 e. The first-order valence-electron chi connectivity index (χ1n) is 5.19. The predicted molar refractivity (Wildman–Crippen MR) is 60.4 cm³/mol. The average molecular weight is 260 g/mol. The van der Waals surface area contributed by atoms with Crippen molar-refractivity contribution in [3.05, 3.63) is 6.20 Å². The largest absolute Gasteiger partial charge is 0.390 e. The van der Waals surface area contributed by atoms with Gasteiger partial charge in [-0.05, 0) is 0 Å². The molecule has 0 amide bonds. The molecule has 2 heterocycles. The minimum atomic E-state index is -4.19. The molecule has 0 saturated carbocycles. The van der Waals surface area contributed by atoms with Gasteiger partial charge in [-0.15, -0.1) is 0 Å². The number of H-pyrrole nitrogens is 1. The van der Waals surface area contributed by atoms with E-state index in [4.69, 9.17) is 0 Å². The van der Waals surface area contributed by atoms with E-state index in [0.717, 1.165) is 0 Å². The number of halogens is 3. The summed E-state index contributed by atoms with van der Waals surface area (Å²) in [6.45, 7) is -0.246. The summed E-state index contributed by atoms with van der Waals surface area (Å²) in [5.41, 5.74) is 0.462. The van der Waals surface area contributed by atoms with E-state index in [2.05, 4.69) is 30.8 Å². The summed E-state index contributed by atoms with van der Waals surface area (Å²) in [6.07, 6.45) is -3.66. The lowest BCUT2D eigenvalue weighted by Gasteiger charge is -2.09. The van der Waals surface area contributed by atoms with Crippen molar-refractivity contribution in [2.24, 2.45) is 0 Å². The van der Waals surface area contributed by atoms with Crippen LogP contribution in [0.4, 0.5) is 24.9 Å². The van der Waals surface area contributed by atoms with Gasteiger partial charge in [-0.3, -0.25) is 5.10 Å². The Kier molecular flexibility index (Phi) is 3.21. The molecule has 2 rings (SSSR count). The van der Waals surface area contributed by atoms with Gasteiger partial charge in [-0.1, -0.05) is 0 Å². The molecule has 0 saturated heterocycles. The molecule has 0 aliphatic heterocycles. The van der Waals surface area contributed by atoms with Crippen LogP contribution in [0.15, 0.2) is 6.20 Å². The monoisotopic (exact) mass is 260 g/mol. The molecule has 0 bridgehead atoms. The maximum atomic E-state index is 12.1. The Morgan fingerprint density at radius 3 is 2.78 bits per heavy atom. The van der Waals surface area contributed by atoms with Gasteiger partial charge < -0.3 is 10.6 Å². The predicted octanol–water partition coefficient (Wildman–Crippen LogP) is 1.76. The zero-order valence-electron chi connectivity index (χ0n) is 9.47. The molecule has 0 fully saturated rings. The Hall–Kier alpha value is -2.06. The highest BCUT2D eigenvalue weighted by Gasteiger charge is 2.26. The summed E-state index contributed by atoms with van der Waals surface area (Å²) < 4.78 is 36.2. The van der Waals surface area contributed by atoms with Gasteiger partial charge in [-0.2, -0.15) is 28.2 Å². The number of hydrogen-bond donors (Lipinski definition) is 3. The average Bonchev–Trinajstić information content (AvgIpc) is 2.75. The van der Waals surface area contributed by atoms with Crippen LogP contribution in [0.25, 0.3) is 11.0 Å². The number of nitrogens with zero attached hydrogens (tertiary/aromatic N) is 3. The number of nitrogens with one attached hydrogen (secondary N) is 3. The lowest BCUT2D eigenvalue weighted by molar-refractivity contribution is -0.131. The van der Waals surface area contributed by atoms with Crippen LogP contribution in [0.3, 0.4) is 0 Å². The van der Waals surface area contributed by atoms with Gasteiger partial charge in [0.1, 0.15) is 5.82 Å². The van der Waals surface area contributed by atoms with E-state index < -0.39 is 12.6 Å². The number of fused-ring (bicyclic) bond motifs is 1. The Morgan fingerprint density at radius 2 is 2.11 bits per heavy atom. The Labute approximate surface area is 100 Å². The third-order valence-corrected chi connectivity index (χ3v) is 2.23. The summed E-state index contributed by atoms with van der Waals surface area (Å²) in [7, 11) is 1.62. The van der Waals surface area contributed by atoms with Gasteiger partial charge in [0.05, 0.1) is 18.0 Å². The summed E-state index contributed by atoms with van der Waals surface area (Å²) in [5.74, 6) is 0.628. The molecule has 0 aromatic carbocycles. The zero-order valence-corrected chi connectivity index (χ0v) is 9.47. The quantitative estimate of drug-likeness (QED) is 0.780. The molecule has 0 aliphatic rings. The fraction of sp³-hybridized carbons (Fsp3) is 0.444. The molecule has 98 valence electrons. The summed E-state index contributed by atoms with van der Waals surface area (Å²) >= 11 is 0. The maximum Gasteiger partial charge on any atom is 0.390 e. The van der Waals surface area contributed by atoms with Gasteiger partial charge in [-0.25, -0.2) is 0 Å². The SMILES string of the molecule is CNc1nc(NCCC(F)(F)F)c2cn[nH]c2n1. The van der Waals surface area contributed by atoms with E-state index in [1.54, 1.807) is 7.05 Å². The molecular weight excluding hydrogens is 249 g/mol. The smallest absolute Gasteiger partial charge is 0.369 e. The lowest BCUT2D eigenvalue weighted by atomic mass is 10.3. The minimum absolute atomic E-state index is 0.246. The zero-order chi connectivity index (χ0) is 13.2. The first-order chi connectivity index (χ1) is 8.49. The summed E-state index contributed by atoms with van der Waals surface area (Å²) in [6, 6.07) is 0. The fourth-order valence-corrected chi connectivity index (χ4v) is 1.40. The van der Waals surface area contributed by atoms with E-state index in [1.165, 1.54) is 6.20 Å². The molecular formula is C9H11F3N6. The Bertz CT molecular complexity index is 535. The van der Waals surface area contributed by atoms with Gasteiger partial charge >= 0.3 is 6.18 Å². The summed E-state index contributed by atoms with van der Waals surface area (Å²) in [5, 5.41) is 12.3. The molecule has 2 aromatic heterocycles. The normalized spacial score (nSPS) is 11.8. The fourth-order valence-electron chi connectivity index (χ4n) is 1.40. The van der Waals surface area contributed by atoms with Crippen molar-refractivity contribution in [2.45, 2.75) is 12.6 Å². The number of anilines is 2. The van der Waals surface area contributed by atoms with E-state index in [-0.39, 0.29) is 6.54 Å². The third kappa shape index (κ3) is 2.79. The molecule has 0 radical (unpaired) electrons. The highest BCUT2D eigenvalue weighted by molar-refractivity contribution is 5.86. The van der Waals surface area contributed by atoms with E-state index >= 15 is 0 Å². The number of rotatable bonds is 4. The van der Waals surface area contributed by atoms with Crippen LogP contribution in [0.1, 0.15) is 6.42 Å². The molecule has 0 aliphatic carbocycles. The third-order valence-electron chi connectivity index (χ3n) is 2.23. The van der Waals surface area contributed by atoms with Crippen LogP contribution in [0.2, 0.25) is 0 Å². The molecule has 6 nitrogen and oxygen atoms in total. The molecule has 0 atom stereocenters. The molecule has 2 aromatic rings. The van der Waals surface area contributed by atoms with Crippen molar-refractivity contribution in [1.82, 2.24) is 20.2 Å². The highest BCUT2D eigenvalue weighted by atomic mass is 19.4. The van der Waals surface area contributed by atoms with Gasteiger partial charge in [0.2, 0.25) is 5.95 Å². The molecule has 9 heteroatoms. The second-order valence-electron chi connectivity index (χ2n) is 3.57. The topological polar surface area (TPSA) is 78.5 Å². The number of aromatic nitrogens is 4. The molecule has 0 spiro atoms. The number of aromatic amines is 1. The van der Waals surface area contributed by atoms with Crippen LogP contribution < -0.4 is 10.6 Å². The highest BCUT2D eigenvalue weighted by Crippen LogP contribution is 2.22. The second-order valence-corrected chi connectivity index (χ2v) is 3.57. The standard InChI is InChI=1S/C9H11F3N6/c1-13-8-16-6(14-3-2-9(10,11)12)5-4-15-18-7(5)17-8/h4H,2-3H2,1H3,(H3,13,14,15,16,17,18). The van der Waals surface area contributed by atoms with E-state index in [0.29, 0.717) is 22.8 Å². The lowest BCUT2D eigenvalue weighted by Crippen LogP contribution is -2.15. The first-order valence-corrected chi connectivity index (χ1v) is 5.19. The van der Waals surface area contributed by atoms with Crippen LogP contribution in [0, 0.1) is 0 Å². The van der Waals surface area contributed by atoms with Crippen LogP contribution in [0.5, 0.6) is 0 Å². The van der Waals surface area contributed by atoms with Crippen molar-refractivity contribution in [1.29, 1.82) is 0 Å². The van der Waals surface area contributed by atoms with Crippen molar-refractivity contribution in [3.8, 4) is 0 Å². The van der Waals surface area contributed by atoms with Crippen molar-refractivity contribution in [3.63, 3.8) is 0 Å². The first kappa shape index (κ1) is 12.4. The van der Waals surface area contributed by atoms with Gasteiger partial charge in [0, 0.05) is 13.6 Å². The van der Waals surface area contributed by atoms with Crippen molar-refractivity contribution >= 4 is 22.8 Å². The second kappa shape index (κ2) is 4.67. The maximum absolute atomic E-state index is 12.1. The Balaban J connectivity index is 2.18.